The van der Waals surface area contributed by atoms with Gasteiger partial charge in [-0.2, -0.15) is 0 Å². The molecule has 0 heterocycles. The fraction of sp³-hybridized carbons (Fsp3) is 0.889. The highest BCUT2D eigenvalue weighted by Gasteiger charge is 2.12. The molecule has 0 aromatic carbocycles. The molecule has 0 aromatic rings. The summed E-state index contributed by atoms with van der Waals surface area (Å²) in [7, 11) is 3.68. The zero-order chi connectivity index (χ0) is 11.0. The Balaban J connectivity index is 3.64. The molecule has 0 fully saturated rings. The van der Waals surface area contributed by atoms with Crippen LogP contribution in [0.3, 0.4) is 0 Å². The first-order chi connectivity index (χ1) is 6.61. The fourth-order valence-electron chi connectivity index (χ4n) is 1.16. The van der Waals surface area contributed by atoms with Crippen molar-refractivity contribution in [1.29, 1.82) is 0 Å². The second kappa shape index (κ2) is 7.73. The van der Waals surface area contributed by atoms with Crippen LogP contribution in [-0.2, 0) is 9.53 Å². The van der Waals surface area contributed by atoms with Crippen molar-refractivity contribution in [2.45, 2.75) is 25.8 Å². The van der Waals surface area contributed by atoms with Gasteiger partial charge in [0.15, 0.2) is 0 Å². The number of nitrogens with two attached hydrogens (primary N) is 1. The molecule has 1 atom stereocenters. The first kappa shape index (κ1) is 13.4. The van der Waals surface area contributed by atoms with E-state index >= 15 is 0 Å². The van der Waals surface area contributed by atoms with Crippen molar-refractivity contribution >= 4 is 5.91 Å². The molecule has 0 rings (SSSR count). The lowest BCUT2D eigenvalue weighted by molar-refractivity contribution is -0.122. The summed E-state index contributed by atoms with van der Waals surface area (Å²) in [5.41, 5.74) is 2.13. The minimum Gasteiger partial charge on any atom is -0.385 e. The predicted molar refractivity (Wildman–Crippen MR) is 55.5 cm³/mol. The van der Waals surface area contributed by atoms with Crippen molar-refractivity contribution in [3.8, 4) is 0 Å². The molecule has 0 saturated heterocycles. The molecule has 1 unspecified atom stereocenters. The van der Waals surface area contributed by atoms with E-state index < -0.39 is 0 Å². The summed E-state index contributed by atoms with van der Waals surface area (Å²) in [6, 6.07) is 0.204. The molecule has 0 aliphatic rings. The molecule has 3 N–H and O–H groups in total. The summed E-state index contributed by atoms with van der Waals surface area (Å²) in [4.78, 5) is 13.1. The summed E-state index contributed by atoms with van der Waals surface area (Å²) in [6.07, 6.45) is 1.40. The van der Waals surface area contributed by atoms with Gasteiger partial charge in [-0.05, 0) is 20.4 Å². The maximum Gasteiger partial charge on any atom is 0.235 e. The lowest BCUT2D eigenvalue weighted by atomic mass is 10.2. The highest BCUT2D eigenvalue weighted by Crippen LogP contribution is 2.01. The minimum absolute atomic E-state index is 0.129. The van der Waals surface area contributed by atoms with Gasteiger partial charge in [-0.15, -0.1) is 0 Å². The van der Waals surface area contributed by atoms with Crippen molar-refractivity contribution in [2.24, 2.45) is 5.84 Å². The number of hydrogen-bond acceptors (Lipinski definition) is 4. The average molecular weight is 203 g/mol. The Kier molecular flexibility index (Phi) is 7.37. The van der Waals surface area contributed by atoms with Gasteiger partial charge in [0.25, 0.3) is 0 Å². The van der Waals surface area contributed by atoms with E-state index in [1.165, 1.54) is 0 Å². The van der Waals surface area contributed by atoms with Gasteiger partial charge in [-0.3, -0.25) is 10.2 Å². The van der Waals surface area contributed by atoms with Gasteiger partial charge >= 0.3 is 0 Å². The van der Waals surface area contributed by atoms with Crippen molar-refractivity contribution in [2.75, 3.05) is 27.3 Å². The zero-order valence-corrected chi connectivity index (χ0v) is 9.25. The molecular weight excluding hydrogens is 182 g/mol. The molecule has 0 radical (unpaired) electrons. The van der Waals surface area contributed by atoms with Gasteiger partial charge in [-0.1, -0.05) is 0 Å². The van der Waals surface area contributed by atoms with E-state index in [0.717, 1.165) is 19.6 Å². The van der Waals surface area contributed by atoms with Crippen LogP contribution in [0, 0.1) is 0 Å². The molecule has 0 aliphatic heterocycles. The van der Waals surface area contributed by atoms with E-state index in [4.69, 9.17) is 10.6 Å². The van der Waals surface area contributed by atoms with Crippen LogP contribution in [0.4, 0.5) is 0 Å². The number of carbonyl (C=O) groups is 1. The van der Waals surface area contributed by atoms with Gasteiger partial charge < -0.3 is 9.64 Å². The number of hydrogen-bond donors (Lipinski definition) is 2. The van der Waals surface area contributed by atoms with Crippen LogP contribution in [0.15, 0.2) is 0 Å². The number of carbonyl (C=O) groups excluding carboxylic acids is 1. The number of methoxy groups -OCH3 is 1. The fourth-order valence-corrected chi connectivity index (χ4v) is 1.16. The molecule has 5 heteroatoms. The van der Waals surface area contributed by atoms with Crippen molar-refractivity contribution in [3.05, 3.63) is 0 Å². The van der Waals surface area contributed by atoms with Crippen LogP contribution >= 0.6 is 0 Å². The van der Waals surface area contributed by atoms with E-state index in [9.17, 15) is 4.79 Å². The average Bonchev–Trinajstić information content (AvgIpc) is 2.17. The number of nitrogens with one attached hydrogen (secondary N) is 1. The van der Waals surface area contributed by atoms with Crippen LogP contribution in [0.2, 0.25) is 0 Å². The van der Waals surface area contributed by atoms with Gasteiger partial charge in [-0.25, -0.2) is 5.84 Å². The van der Waals surface area contributed by atoms with E-state index in [1.807, 2.05) is 14.0 Å². The third-order valence-electron chi connectivity index (χ3n) is 2.25. The first-order valence-electron chi connectivity index (χ1n) is 4.80. The quantitative estimate of drug-likeness (QED) is 0.258. The van der Waals surface area contributed by atoms with Gasteiger partial charge in [0.05, 0.1) is 0 Å². The summed E-state index contributed by atoms with van der Waals surface area (Å²) in [6.45, 7) is 3.68. The van der Waals surface area contributed by atoms with Crippen molar-refractivity contribution in [1.82, 2.24) is 10.3 Å². The van der Waals surface area contributed by atoms with E-state index in [1.54, 1.807) is 7.11 Å². The van der Waals surface area contributed by atoms with Gasteiger partial charge in [0, 0.05) is 32.7 Å². The Labute approximate surface area is 85.6 Å². The molecule has 14 heavy (non-hydrogen) atoms. The maximum atomic E-state index is 11.0. The lowest BCUT2D eigenvalue weighted by Crippen LogP contribution is -2.38. The Bertz CT molecular complexity index is 164. The second-order valence-electron chi connectivity index (χ2n) is 3.45. The number of nitrogens with zero attached hydrogens (tertiary/aromatic N) is 1. The molecule has 0 saturated carbocycles. The summed E-state index contributed by atoms with van der Waals surface area (Å²) in [5.74, 6) is 4.88. The second-order valence-corrected chi connectivity index (χ2v) is 3.45. The molecule has 0 aromatic heterocycles. The van der Waals surface area contributed by atoms with E-state index in [0.29, 0.717) is 6.42 Å². The Morgan fingerprint density at radius 2 is 2.29 bits per heavy atom. The standard InChI is InChI=1S/C9H21N3O2/c1-8(7-9(13)11-10)12(2)5-4-6-14-3/h8H,4-7,10H2,1-3H3,(H,11,13). The lowest BCUT2D eigenvalue weighted by Gasteiger charge is -2.23. The van der Waals surface area contributed by atoms with Crippen LogP contribution in [0.25, 0.3) is 0 Å². The largest absolute Gasteiger partial charge is 0.385 e. The topological polar surface area (TPSA) is 67.6 Å². The number of rotatable bonds is 7. The Morgan fingerprint density at radius 1 is 1.64 bits per heavy atom. The van der Waals surface area contributed by atoms with Crippen molar-refractivity contribution < 1.29 is 9.53 Å². The highest BCUT2D eigenvalue weighted by atomic mass is 16.5. The Hall–Kier alpha value is -0.650. The van der Waals surface area contributed by atoms with E-state index in [2.05, 4.69) is 10.3 Å². The molecule has 84 valence electrons. The minimum atomic E-state index is -0.129. The zero-order valence-electron chi connectivity index (χ0n) is 9.25. The highest BCUT2D eigenvalue weighted by molar-refractivity contribution is 5.75. The number of hydrazine groups is 1. The smallest absolute Gasteiger partial charge is 0.235 e. The molecule has 0 bridgehead atoms. The summed E-state index contributed by atoms with van der Waals surface area (Å²) < 4.78 is 4.95. The van der Waals surface area contributed by atoms with Crippen molar-refractivity contribution in [3.63, 3.8) is 0 Å². The molecule has 0 aliphatic carbocycles. The third-order valence-corrected chi connectivity index (χ3v) is 2.25. The molecular formula is C9H21N3O2. The Morgan fingerprint density at radius 3 is 2.79 bits per heavy atom. The van der Waals surface area contributed by atoms with Gasteiger partial charge in [0.1, 0.15) is 0 Å². The first-order valence-corrected chi connectivity index (χ1v) is 4.80. The molecule has 5 nitrogen and oxygen atoms in total. The molecule has 1 amide bonds. The number of ether oxygens (including phenoxy) is 1. The summed E-state index contributed by atoms with van der Waals surface area (Å²) in [5, 5.41) is 0. The van der Waals surface area contributed by atoms with Gasteiger partial charge in [0.2, 0.25) is 5.91 Å². The normalized spacial score (nSPS) is 12.9. The number of amides is 1. The molecule has 0 spiro atoms. The SMILES string of the molecule is COCCCN(C)C(C)CC(=O)NN. The van der Waals surface area contributed by atoms with Crippen LogP contribution < -0.4 is 11.3 Å². The van der Waals surface area contributed by atoms with Crippen LogP contribution in [0.1, 0.15) is 19.8 Å². The van der Waals surface area contributed by atoms with Crippen LogP contribution in [0.5, 0.6) is 0 Å². The summed E-state index contributed by atoms with van der Waals surface area (Å²) >= 11 is 0. The third kappa shape index (κ3) is 5.90. The maximum absolute atomic E-state index is 11.0. The van der Waals surface area contributed by atoms with E-state index in [-0.39, 0.29) is 11.9 Å². The van der Waals surface area contributed by atoms with Crippen LogP contribution in [-0.4, -0.2) is 44.2 Å². The monoisotopic (exact) mass is 203 g/mol. The predicted octanol–water partition coefficient (Wildman–Crippen LogP) is -0.277.